The molecule has 7 heteroatoms. The molecule has 1 fully saturated rings. The maximum absolute atomic E-state index is 12.6. The van der Waals surface area contributed by atoms with Crippen LogP contribution in [0.15, 0.2) is 42.7 Å². The summed E-state index contributed by atoms with van der Waals surface area (Å²) in [5.74, 6) is 1.89. The van der Waals surface area contributed by atoms with Crippen molar-refractivity contribution in [1.29, 1.82) is 0 Å². The first-order chi connectivity index (χ1) is 13.2. The Labute approximate surface area is 157 Å². The summed E-state index contributed by atoms with van der Waals surface area (Å²) in [6.45, 7) is 3.37. The SMILES string of the molecule is Cc1cnc2n1-c1ccccc1OC1(CCN(C(=O)c3ccn[nH]3)CC1)C2. The number of hydrogen-bond acceptors (Lipinski definition) is 4. The number of benzene rings is 1. The Morgan fingerprint density at radius 3 is 2.81 bits per heavy atom. The first-order valence-electron chi connectivity index (χ1n) is 9.26. The van der Waals surface area contributed by atoms with Crippen LogP contribution in [0.4, 0.5) is 0 Å². The fourth-order valence-electron chi connectivity index (χ4n) is 4.17. The second kappa shape index (κ2) is 5.97. The fourth-order valence-corrected chi connectivity index (χ4v) is 4.17. The molecule has 27 heavy (non-hydrogen) atoms. The molecule has 0 atom stereocenters. The number of amides is 1. The van der Waals surface area contributed by atoms with Crippen LogP contribution in [0.2, 0.25) is 0 Å². The smallest absolute Gasteiger partial charge is 0.271 e. The zero-order valence-corrected chi connectivity index (χ0v) is 15.2. The number of rotatable bonds is 1. The minimum atomic E-state index is -0.340. The van der Waals surface area contributed by atoms with Crippen molar-refractivity contribution in [3.05, 3.63) is 59.9 Å². The van der Waals surface area contributed by atoms with Gasteiger partial charge in [0.1, 0.15) is 22.9 Å². The lowest BCUT2D eigenvalue weighted by Crippen LogP contribution is -2.51. The van der Waals surface area contributed by atoms with E-state index in [-0.39, 0.29) is 11.5 Å². The van der Waals surface area contributed by atoms with Crippen LogP contribution in [0.5, 0.6) is 5.75 Å². The lowest BCUT2D eigenvalue weighted by Gasteiger charge is -2.40. The van der Waals surface area contributed by atoms with Gasteiger partial charge in [0, 0.05) is 50.4 Å². The lowest BCUT2D eigenvalue weighted by atomic mass is 9.87. The normalized spacial score (nSPS) is 17.7. The zero-order valence-electron chi connectivity index (χ0n) is 15.2. The van der Waals surface area contributed by atoms with Crippen LogP contribution in [0, 0.1) is 6.92 Å². The van der Waals surface area contributed by atoms with Crippen molar-refractivity contribution >= 4 is 5.91 Å². The lowest BCUT2D eigenvalue weighted by molar-refractivity contribution is 0.00465. The van der Waals surface area contributed by atoms with Crippen molar-refractivity contribution in [3.8, 4) is 11.4 Å². The maximum Gasteiger partial charge on any atom is 0.271 e. The Hall–Kier alpha value is -3.09. The number of para-hydroxylation sites is 2. The van der Waals surface area contributed by atoms with Gasteiger partial charge in [0.05, 0.1) is 5.69 Å². The number of fused-ring (bicyclic) bond motifs is 3. The third kappa shape index (κ3) is 2.61. The van der Waals surface area contributed by atoms with Gasteiger partial charge in [-0.05, 0) is 25.1 Å². The maximum atomic E-state index is 12.6. The van der Waals surface area contributed by atoms with E-state index in [9.17, 15) is 4.79 Å². The number of ether oxygens (including phenoxy) is 1. The third-order valence-corrected chi connectivity index (χ3v) is 5.62. The Bertz CT molecular complexity index is 984. The van der Waals surface area contributed by atoms with Gasteiger partial charge in [0.2, 0.25) is 0 Å². The summed E-state index contributed by atoms with van der Waals surface area (Å²) >= 11 is 0. The number of likely N-dealkylation sites (tertiary alicyclic amines) is 1. The topological polar surface area (TPSA) is 76.0 Å². The summed E-state index contributed by atoms with van der Waals surface area (Å²) < 4.78 is 8.77. The van der Waals surface area contributed by atoms with Crippen molar-refractivity contribution in [1.82, 2.24) is 24.6 Å². The highest BCUT2D eigenvalue weighted by Crippen LogP contribution is 2.39. The predicted octanol–water partition coefficient (Wildman–Crippen LogP) is 2.51. The van der Waals surface area contributed by atoms with Gasteiger partial charge in [-0.1, -0.05) is 12.1 Å². The third-order valence-electron chi connectivity index (χ3n) is 5.62. The second-order valence-corrected chi connectivity index (χ2v) is 7.34. The molecule has 2 aromatic heterocycles. The van der Waals surface area contributed by atoms with Crippen molar-refractivity contribution < 1.29 is 9.53 Å². The minimum absolute atomic E-state index is 0.00582. The van der Waals surface area contributed by atoms with E-state index in [4.69, 9.17) is 4.74 Å². The number of hydrogen-bond donors (Lipinski definition) is 1. The standard InChI is InChI=1S/C20H21N5O2/c1-14-13-21-18-12-20(27-17-5-3-2-4-16(17)25(14)18)7-10-24(11-8-20)19(26)15-6-9-22-23-15/h2-6,9,13H,7-8,10-12H2,1H3,(H,22,23). The van der Waals surface area contributed by atoms with E-state index in [2.05, 4.69) is 32.7 Å². The average molecular weight is 363 g/mol. The molecular formula is C20H21N5O2. The molecule has 0 radical (unpaired) electrons. The largest absolute Gasteiger partial charge is 0.484 e. The number of nitrogens with one attached hydrogen (secondary N) is 1. The molecular weight excluding hydrogens is 342 g/mol. The van der Waals surface area contributed by atoms with Gasteiger partial charge in [0.15, 0.2) is 0 Å². The summed E-state index contributed by atoms with van der Waals surface area (Å²) in [7, 11) is 0. The summed E-state index contributed by atoms with van der Waals surface area (Å²) in [6.07, 6.45) is 5.80. The molecule has 2 aliphatic rings. The molecule has 3 aromatic rings. The van der Waals surface area contributed by atoms with E-state index < -0.39 is 0 Å². The van der Waals surface area contributed by atoms with Gasteiger partial charge < -0.3 is 9.64 Å². The molecule has 5 rings (SSSR count). The number of aromatic nitrogens is 4. The second-order valence-electron chi connectivity index (χ2n) is 7.34. The number of nitrogens with zero attached hydrogens (tertiary/aromatic N) is 4. The number of carbonyl (C=O) groups is 1. The van der Waals surface area contributed by atoms with Gasteiger partial charge >= 0.3 is 0 Å². The van der Waals surface area contributed by atoms with Crippen molar-refractivity contribution in [2.24, 2.45) is 0 Å². The first kappa shape index (κ1) is 16.1. The molecule has 1 amide bonds. The number of imidazole rings is 1. The molecule has 0 bridgehead atoms. The van der Waals surface area contributed by atoms with E-state index >= 15 is 0 Å². The van der Waals surface area contributed by atoms with E-state index in [1.165, 1.54) is 0 Å². The van der Waals surface area contributed by atoms with Crippen LogP contribution in [0.3, 0.4) is 0 Å². The van der Waals surface area contributed by atoms with E-state index in [1.54, 1.807) is 12.3 Å². The van der Waals surface area contributed by atoms with E-state index in [1.807, 2.05) is 29.3 Å². The molecule has 138 valence electrons. The minimum Gasteiger partial charge on any atom is -0.484 e. The Morgan fingerprint density at radius 1 is 1.22 bits per heavy atom. The summed E-state index contributed by atoms with van der Waals surface area (Å²) in [5.41, 5.74) is 2.33. The first-order valence-corrected chi connectivity index (χ1v) is 9.26. The molecule has 0 aliphatic carbocycles. The van der Waals surface area contributed by atoms with Crippen molar-refractivity contribution in [2.75, 3.05) is 13.1 Å². The molecule has 7 nitrogen and oxygen atoms in total. The van der Waals surface area contributed by atoms with Crippen molar-refractivity contribution in [3.63, 3.8) is 0 Å². The molecule has 0 saturated carbocycles. The quantitative estimate of drug-likeness (QED) is 0.721. The Balaban J connectivity index is 1.44. The summed E-state index contributed by atoms with van der Waals surface area (Å²) in [4.78, 5) is 19.1. The number of carbonyl (C=O) groups excluding carboxylic acids is 1. The molecule has 1 spiro atoms. The van der Waals surface area contributed by atoms with Gasteiger partial charge in [-0.25, -0.2) is 4.98 Å². The summed E-state index contributed by atoms with van der Waals surface area (Å²) in [5, 5.41) is 6.64. The number of aromatic amines is 1. The van der Waals surface area contributed by atoms with Gasteiger partial charge in [-0.15, -0.1) is 0 Å². The van der Waals surface area contributed by atoms with Gasteiger partial charge in [-0.2, -0.15) is 5.10 Å². The van der Waals surface area contributed by atoms with Crippen LogP contribution in [-0.2, 0) is 6.42 Å². The molecule has 0 unspecified atom stereocenters. The van der Waals surface area contributed by atoms with Crippen LogP contribution in [0.25, 0.3) is 5.69 Å². The highest BCUT2D eigenvalue weighted by Gasteiger charge is 2.42. The molecule has 1 aromatic carbocycles. The highest BCUT2D eigenvalue weighted by molar-refractivity contribution is 5.92. The van der Waals surface area contributed by atoms with Gasteiger partial charge in [0.25, 0.3) is 5.91 Å². The Kier molecular flexibility index (Phi) is 3.56. The Morgan fingerprint density at radius 2 is 2.04 bits per heavy atom. The van der Waals surface area contributed by atoms with Crippen LogP contribution >= 0.6 is 0 Å². The molecule has 4 heterocycles. The van der Waals surface area contributed by atoms with Gasteiger partial charge in [-0.3, -0.25) is 14.5 Å². The predicted molar refractivity (Wildman–Crippen MR) is 99.1 cm³/mol. The molecule has 1 saturated heterocycles. The van der Waals surface area contributed by atoms with Crippen LogP contribution in [0.1, 0.15) is 34.8 Å². The van der Waals surface area contributed by atoms with Crippen molar-refractivity contribution in [2.45, 2.75) is 31.8 Å². The molecule has 2 aliphatic heterocycles. The van der Waals surface area contributed by atoms with E-state index in [0.29, 0.717) is 18.8 Å². The summed E-state index contributed by atoms with van der Waals surface area (Å²) in [6, 6.07) is 9.83. The van der Waals surface area contributed by atoms with Crippen LogP contribution in [-0.4, -0.2) is 49.2 Å². The number of H-pyrrole nitrogens is 1. The molecule has 1 N–H and O–H groups in total. The van der Waals surface area contributed by atoms with Crippen LogP contribution < -0.4 is 4.74 Å². The highest BCUT2D eigenvalue weighted by atomic mass is 16.5. The average Bonchev–Trinajstić information content (AvgIpc) is 3.30. The monoisotopic (exact) mass is 363 g/mol. The number of piperidine rings is 1. The zero-order chi connectivity index (χ0) is 18.4. The van der Waals surface area contributed by atoms with E-state index in [0.717, 1.165) is 42.2 Å². The fraction of sp³-hybridized carbons (Fsp3) is 0.350. The number of aryl methyl sites for hydroxylation is 1.